The Morgan fingerprint density at radius 3 is 2.11 bits per heavy atom. The second-order valence-corrected chi connectivity index (χ2v) is 8.56. The van der Waals surface area contributed by atoms with Gasteiger partial charge in [-0.05, 0) is 31.5 Å². The molecule has 28 heavy (non-hydrogen) atoms. The average molecular weight is 398 g/mol. The second-order valence-electron chi connectivity index (χ2n) is 6.54. The van der Waals surface area contributed by atoms with E-state index in [1.807, 2.05) is 38.1 Å². The minimum absolute atomic E-state index is 0.233. The van der Waals surface area contributed by atoms with Gasteiger partial charge in [-0.15, -0.1) is 0 Å². The van der Waals surface area contributed by atoms with Gasteiger partial charge >= 0.3 is 5.97 Å². The number of benzene rings is 2. The summed E-state index contributed by atoms with van der Waals surface area (Å²) >= 11 is 0. The Balaban J connectivity index is 2.27. The van der Waals surface area contributed by atoms with Gasteiger partial charge in [-0.2, -0.15) is 5.10 Å². The summed E-state index contributed by atoms with van der Waals surface area (Å²) in [5.41, 5.74) is 4.31. The largest absolute Gasteiger partial charge is 0.464 e. The maximum atomic E-state index is 12.5. The molecule has 0 N–H and O–H groups in total. The Kier molecular flexibility index (Phi) is 5.38. The first-order valence-corrected chi connectivity index (χ1v) is 10.7. The average Bonchev–Trinajstić information content (AvgIpc) is 3.07. The van der Waals surface area contributed by atoms with Crippen molar-refractivity contribution in [1.82, 2.24) is 9.78 Å². The van der Waals surface area contributed by atoms with Crippen LogP contribution in [-0.2, 0) is 21.1 Å². The predicted octanol–water partition coefficient (Wildman–Crippen LogP) is 3.74. The maximum Gasteiger partial charge on any atom is 0.356 e. The van der Waals surface area contributed by atoms with E-state index in [0.717, 1.165) is 16.7 Å². The number of hydrogen-bond donors (Lipinski definition) is 0. The van der Waals surface area contributed by atoms with Gasteiger partial charge < -0.3 is 4.74 Å². The molecule has 0 aliphatic rings. The molecular formula is C21H22N2O4S. The lowest BCUT2D eigenvalue weighted by molar-refractivity contribution is 0.0587. The number of rotatable bonds is 5. The Bertz CT molecular complexity index is 1110. The molecule has 0 saturated heterocycles. The van der Waals surface area contributed by atoms with Crippen LogP contribution in [0.15, 0.2) is 53.4 Å². The van der Waals surface area contributed by atoms with Crippen LogP contribution in [0, 0.1) is 6.92 Å². The SMILES string of the molecule is CCn1nc(-c2ccc(S(C)(=O)=O)cc2)c(-c2ccc(C)cc2)c1C(=O)OC. The van der Waals surface area contributed by atoms with Crippen molar-refractivity contribution in [3.63, 3.8) is 0 Å². The van der Waals surface area contributed by atoms with Gasteiger partial charge in [-0.3, -0.25) is 4.68 Å². The number of esters is 1. The number of sulfone groups is 1. The van der Waals surface area contributed by atoms with Crippen molar-refractivity contribution in [3.05, 3.63) is 59.8 Å². The summed E-state index contributed by atoms with van der Waals surface area (Å²) in [5.74, 6) is -0.469. The number of methoxy groups -OCH3 is 1. The molecule has 0 radical (unpaired) electrons. The minimum atomic E-state index is -3.29. The van der Waals surface area contributed by atoms with Gasteiger partial charge in [0, 0.05) is 23.9 Å². The highest BCUT2D eigenvalue weighted by molar-refractivity contribution is 7.90. The lowest BCUT2D eigenvalue weighted by atomic mass is 9.98. The molecule has 0 saturated carbocycles. The molecule has 0 amide bonds. The summed E-state index contributed by atoms with van der Waals surface area (Å²) in [4.78, 5) is 12.8. The van der Waals surface area contributed by atoms with E-state index >= 15 is 0 Å². The molecule has 0 fully saturated rings. The number of hydrogen-bond acceptors (Lipinski definition) is 5. The van der Waals surface area contributed by atoms with E-state index < -0.39 is 15.8 Å². The zero-order chi connectivity index (χ0) is 20.5. The normalized spacial score (nSPS) is 11.4. The van der Waals surface area contributed by atoms with Crippen molar-refractivity contribution in [3.8, 4) is 22.4 Å². The molecular weight excluding hydrogens is 376 g/mol. The fourth-order valence-corrected chi connectivity index (χ4v) is 3.68. The summed E-state index contributed by atoms with van der Waals surface area (Å²) in [6.45, 7) is 4.38. The molecule has 6 nitrogen and oxygen atoms in total. The molecule has 7 heteroatoms. The molecule has 0 atom stereocenters. The van der Waals surface area contributed by atoms with E-state index in [0.29, 0.717) is 23.5 Å². The number of ether oxygens (including phenoxy) is 1. The third-order valence-electron chi connectivity index (χ3n) is 4.53. The van der Waals surface area contributed by atoms with Crippen LogP contribution >= 0.6 is 0 Å². The van der Waals surface area contributed by atoms with Gasteiger partial charge in [-0.1, -0.05) is 42.0 Å². The fourth-order valence-electron chi connectivity index (χ4n) is 3.05. The smallest absolute Gasteiger partial charge is 0.356 e. The molecule has 0 unspecified atom stereocenters. The number of carbonyl (C=O) groups is 1. The zero-order valence-corrected chi connectivity index (χ0v) is 17.1. The fraction of sp³-hybridized carbons (Fsp3) is 0.238. The second kappa shape index (κ2) is 7.59. The highest BCUT2D eigenvalue weighted by Crippen LogP contribution is 2.35. The number of aromatic nitrogens is 2. The number of aryl methyl sites for hydroxylation is 2. The van der Waals surface area contributed by atoms with Crippen LogP contribution in [-0.4, -0.2) is 37.5 Å². The first kappa shape index (κ1) is 19.8. The number of carbonyl (C=O) groups excluding carboxylic acids is 1. The zero-order valence-electron chi connectivity index (χ0n) is 16.3. The van der Waals surface area contributed by atoms with E-state index in [1.54, 1.807) is 28.9 Å². The van der Waals surface area contributed by atoms with Crippen molar-refractivity contribution in [2.45, 2.75) is 25.3 Å². The summed E-state index contributed by atoms with van der Waals surface area (Å²) in [7, 11) is -1.95. The van der Waals surface area contributed by atoms with Crippen molar-refractivity contribution in [2.75, 3.05) is 13.4 Å². The van der Waals surface area contributed by atoms with Crippen LogP contribution in [0.5, 0.6) is 0 Å². The lowest BCUT2D eigenvalue weighted by Crippen LogP contribution is -2.11. The summed E-state index contributed by atoms with van der Waals surface area (Å²) in [5, 5.41) is 4.62. The van der Waals surface area contributed by atoms with Gasteiger partial charge in [0.2, 0.25) is 0 Å². The van der Waals surface area contributed by atoms with E-state index in [2.05, 4.69) is 5.10 Å². The molecule has 0 aliphatic carbocycles. The number of nitrogens with zero attached hydrogens (tertiary/aromatic N) is 2. The van der Waals surface area contributed by atoms with Gasteiger partial charge in [0.25, 0.3) is 0 Å². The third kappa shape index (κ3) is 3.71. The summed E-state index contributed by atoms with van der Waals surface area (Å²) in [6.07, 6.45) is 1.17. The van der Waals surface area contributed by atoms with Gasteiger partial charge in [0.15, 0.2) is 15.5 Å². The van der Waals surface area contributed by atoms with Crippen molar-refractivity contribution >= 4 is 15.8 Å². The van der Waals surface area contributed by atoms with Crippen molar-refractivity contribution in [1.29, 1.82) is 0 Å². The molecule has 146 valence electrons. The third-order valence-corrected chi connectivity index (χ3v) is 5.66. The molecule has 0 spiro atoms. The molecule has 2 aromatic carbocycles. The maximum absolute atomic E-state index is 12.5. The van der Waals surface area contributed by atoms with E-state index in [9.17, 15) is 13.2 Å². The highest BCUT2D eigenvalue weighted by Gasteiger charge is 2.26. The van der Waals surface area contributed by atoms with Crippen LogP contribution in [0.2, 0.25) is 0 Å². The quantitative estimate of drug-likeness (QED) is 0.612. The van der Waals surface area contributed by atoms with Gasteiger partial charge in [-0.25, -0.2) is 13.2 Å². The predicted molar refractivity (Wildman–Crippen MR) is 108 cm³/mol. The molecule has 1 heterocycles. The first-order chi connectivity index (χ1) is 13.3. The highest BCUT2D eigenvalue weighted by atomic mass is 32.2. The summed E-state index contributed by atoms with van der Waals surface area (Å²) in [6, 6.07) is 14.3. The van der Waals surface area contributed by atoms with E-state index in [4.69, 9.17) is 4.74 Å². The van der Waals surface area contributed by atoms with E-state index in [-0.39, 0.29) is 4.90 Å². The molecule has 0 aliphatic heterocycles. The Labute approximate surface area is 164 Å². The Morgan fingerprint density at radius 2 is 1.61 bits per heavy atom. The van der Waals surface area contributed by atoms with Crippen LogP contribution < -0.4 is 0 Å². The van der Waals surface area contributed by atoms with Crippen LogP contribution in [0.4, 0.5) is 0 Å². The van der Waals surface area contributed by atoms with Crippen LogP contribution in [0.3, 0.4) is 0 Å². The topological polar surface area (TPSA) is 78.3 Å². The monoisotopic (exact) mass is 398 g/mol. The lowest BCUT2D eigenvalue weighted by Gasteiger charge is -2.08. The first-order valence-electron chi connectivity index (χ1n) is 8.83. The van der Waals surface area contributed by atoms with Crippen molar-refractivity contribution < 1.29 is 17.9 Å². The molecule has 0 bridgehead atoms. The van der Waals surface area contributed by atoms with Gasteiger partial charge in [0.05, 0.1) is 12.0 Å². The Hall–Kier alpha value is -2.93. The standard InChI is InChI=1S/C21H22N2O4S/c1-5-23-20(21(24)27-3)18(15-8-6-14(2)7-9-15)19(22-23)16-10-12-17(13-11-16)28(4,25)26/h6-13H,5H2,1-4H3. The van der Waals surface area contributed by atoms with Crippen LogP contribution in [0.25, 0.3) is 22.4 Å². The van der Waals surface area contributed by atoms with Crippen LogP contribution in [0.1, 0.15) is 23.0 Å². The summed E-state index contributed by atoms with van der Waals surface area (Å²) < 4.78 is 30.1. The van der Waals surface area contributed by atoms with Crippen molar-refractivity contribution in [2.24, 2.45) is 0 Å². The minimum Gasteiger partial charge on any atom is -0.464 e. The Morgan fingerprint density at radius 1 is 1.04 bits per heavy atom. The van der Waals surface area contributed by atoms with E-state index in [1.165, 1.54) is 13.4 Å². The van der Waals surface area contributed by atoms with Gasteiger partial charge in [0.1, 0.15) is 5.69 Å². The molecule has 1 aromatic heterocycles. The molecule has 3 rings (SSSR count). The molecule has 3 aromatic rings.